The van der Waals surface area contributed by atoms with Crippen molar-refractivity contribution < 1.29 is 27.1 Å². The van der Waals surface area contributed by atoms with E-state index in [4.69, 9.17) is 4.74 Å². The molecule has 190 valence electrons. The van der Waals surface area contributed by atoms with Crippen molar-refractivity contribution in [2.45, 2.75) is 11.2 Å². The Hall–Kier alpha value is -3.54. The number of nitrogens with zero attached hydrogens (tertiary/aromatic N) is 4. The largest absolute Gasteiger partial charge is 0.495 e. The number of piperazine rings is 1. The fraction of sp³-hybridized carbons (Fsp3) is 0.292. The summed E-state index contributed by atoms with van der Waals surface area (Å²) in [5.41, 5.74) is -0.379. The Morgan fingerprint density at radius 2 is 1.78 bits per heavy atom. The van der Waals surface area contributed by atoms with E-state index in [1.54, 1.807) is 24.3 Å². The lowest BCUT2D eigenvalue weighted by atomic mass is 10.2. The lowest BCUT2D eigenvalue weighted by Crippen LogP contribution is -2.47. The highest BCUT2D eigenvalue weighted by atomic mass is 32.2. The molecule has 1 aromatic heterocycles. The first-order valence-corrected chi connectivity index (χ1v) is 12.0. The van der Waals surface area contributed by atoms with Gasteiger partial charge in [0.25, 0.3) is 0 Å². The van der Waals surface area contributed by atoms with E-state index in [2.05, 4.69) is 20.2 Å². The van der Waals surface area contributed by atoms with Gasteiger partial charge in [0.05, 0.1) is 29.8 Å². The van der Waals surface area contributed by atoms with Crippen LogP contribution in [0.25, 0.3) is 0 Å². The summed E-state index contributed by atoms with van der Waals surface area (Å²) in [6, 6.07) is 11.3. The number of anilines is 3. The van der Waals surface area contributed by atoms with Crippen LogP contribution in [0, 0.1) is 5.82 Å². The first-order valence-electron chi connectivity index (χ1n) is 11.0. The van der Waals surface area contributed by atoms with Gasteiger partial charge < -0.3 is 19.9 Å². The van der Waals surface area contributed by atoms with E-state index in [9.17, 15) is 22.4 Å². The van der Waals surface area contributed by atoms with Gasteiger partial charge in [-0.2, -0.15) is 13.2 Å². The van der Waals surface area contributed by atoms with Gasteiger partial charge in [0.15, 0.2) is 0 Å². The number of hydrogen-bond acceptors (Lipinski definition) is 7. The molecule has 7 nitrogen and oxygen atoms in total. The molecule has 12 heteroatoms. The van der Waals surface area contributed by atoms with Crippen LogP contribution < -0.4 is 19.9 Å². The van der Waals surface area contributed by atoms with Gasteiger partial charge in [0, 0.05) is 32.2 Å². The van der Waals surface area contributed by atoms with Gasteiger partial charge in [-0.3, -0.25) is 4.79 Å². The number of nitrogens with one attached hydrogen (secondary N) is 1. The van der Waals surface area contributed by atoms with Crippen LogP contribution in [0.1, 0.15) is 5.56 Å². The SMILES string of the molecule is COc1ccc(C(F)(F)F)cc1NC(=O)CSc1cc(N2CCN(c3ccccc3F)CC2)ncn1. The Balaban J connectivity index is 1.34. The summed E-state index contributed by atoms with van der Waals surface area (Å²) in [6.07, 6.45) is -3.15. The highest BCUT2D eigenvalue weighted by Crippen LogP contribution is 2.35. The Morgan fingerprint density at radius 1 is 1.06 bits per heavy atom. The second-order valence-electron chi connectivity index (χ2n) is 7.89. The molecule has 1 amide bonds. The maximum absolute atomic E-state index is 14.1. The van der Waals surface area contributed by atoms with Gasteiger partial charge in [-0.15, -0.1) is 0 Å². The number of carbonyl (C=O) groups excluding carboxylic acids is 1. The monoisotopic (exact) mass is 521 g/mol. The van der Waals surface area contributed by atoms with Crippen molar-refractivity contribution in [3.05, 3.63) is 66.2 Å². The van der Waals surface area contributed by atoms with E-state index in [0.717, 1.165) is 30.0 Å². The number of alkyl halides is 3. The third-order valence-corrected chi connectivity index (χ3v) is 6.50. The van der Waals surface area contributed by atoms with Crippen LogP contribution in [0.2, 0.25) is 0 Å². The normalized spacial score (nSPS) is 14.0. The zero-order valence-electron chi connectivity index (χ0n) is 19.3. The number of halogens is 4. The first kappa shape index (κ1) is 25.5. The number of carbonyl (C=O) groups is 1. The molecule has 0 radical (unpaired) electrons. The summed E-state index contributed by atoms with van der Waals surface area (Å²) in [6.45, 7) is 2.50. The molecule has 3 aromatic rings. The number of para-hydroxylation sites is 1. The lowest BCUT2D eigenvalue weighted by molar-refractivity contribution is -0.137. The molecule has 0 unspecified atom stereocenters. The number of hydrogen-bond donors (Lipinski definition) is 1. The van der Waals surface area contributed by atoms with E-state index >= 15 is 0 Å². The number of rotatable bonds is 7. The van der Waals surface area contributed by atoms with Crippen molar-refractivity contribution in [1.29, 1.82) is 0 Å². The van der Waals surface area contributed by atoms with Gasteiger partial charge >= 0.3 is 6.18 Å². The van der Waals surface area contributed by atoms with E-state index in [1.165, 1.54) is 19.5 Å². The molecule has 1 aliphatic heterocycles. The zero-order valence-corrected chi connectivity index (χ0v) is 20.1. The second-order valence-corrected chi connectivity index (χ2v) is 8.89. The van der Waals surface area contributed by atoms with E-state index in [0.29, 0.717) is 42.7 Å². The van der Waals surface area contributed by atoms with Crippen molar-refractivity contribution in [3.63, 3.8) is 0 Å². The minimum Gasteiger partial charge on any atom is -0.495 e. The second kappa shape index (κ2) is 11.0. The molecular formula is C24H23F4N5O2S. The summed E-state index contributed by atoms with van der Waals surface area (Å²) in [5.74, 6) is -0.0264. The standard InChI is InChI=1S/C24H23F4N5O2S/c1-35-20-7-6-16(24(26,27)28)12-18(20)31-22(34)14-36-23-13-21(29-15-30-23)33-10-8-32(9-11-33)19-5-3-2-4-17(19)25/h2-7,12-13,15H,8-11,14H2,1H3,(H,31,34). The Kier molecular flexibility index (Phi) is 7.82. The number of amides is 1. The van der Waals surface area contributed by atoms with Gasteiger partial charge in [-0.25, -0.2) is 14.4 Å². The van der Waals surface area contributed by atoms with Crippen LogP contribution in [-0.4, -0.2) is 54.9 Å². The maximum Gasteiger partial charge on any atom is 0.416 e. The molecule has 2 aromatic carbocycles. The number of methoxy groups -OCH3 is 1. The topological polar surface area (TPSA) is 70.6 Å². The smallest absolute Gasteiger partial charge is 0.416 e. The lowest BCUT2D eigenvalue weighted by Gasteiger charge is -2.36. The van der Waals surface area contributed by atoms with Crippen molar-refractivity contribution in [2.75, 3.05) is 54.2 Å². The predicted molar refractivity (Wildman–Crippen MR) is 130 cm³/mol. The number of benzene rings is 2. The number of ether oxygens (including phenoxy) is 1. The summed E-state index contributed by atoms with van der Waals surface area (Å²) in [4.78, 5) is 25.0. The van der Waals surface area contributed by atoms with Crippen LogP contribution in [0.3, 0.4) is 0 Å². The molecule has 2 heterocycles. The van der Waals surface area contributed by atoms with Crippen LogP contribution in [0.4, 0.5) is 34.8 Å². The molecule has 36 heavy (non-hydrogen) atoms. The summed E-state index contributed by atoms with van der Waals surface area (Å²) in [5, 5.41) is 3.02. The van der Waals surface area contributed by atoms with E-state index in [-0.39, 0.29) is 23.0 Å². The average Bonchev–Trinajstić information content (AvgIpc) is 2.87. The molecule has 0 aliphatic carbocycles. The van der Waals surface area contributed by atoms with Crippen molar-refractivity contribution in [1.82, 2.24) is 9.97 Å². The fourth-order valence-electron chi connectivity index (χ4n) is 3.77. The molecule has 0 bridgehead atoms. The Labute approximate surface area is 209 Å². The van der Waals surface area contributed by atoms with Gasteiger partial charge in [-0.05, 0) is 30.3 Å². The minimum absolute atomic E-state index is 0.0611. The molecule has 0 saturated carbocycles. The van der Waals surface area contributed by atoms with Crippen molar-refractivity contribution in [2.24, 2.45) is 0 Å². The number of aromatic nitrogens is 2. The summed E-state index contributed by atoms with van der Waals surface area (Å²) in [7, 11) is 1.31. The first-order chi connectivity index (χ1) is 17.2. The summed E-state index contributed by atoms with van der Waals surface area (Å²) < 4.78 is 58.2. The van der Waals surface area contributed by atoms with E-state index < -0.39 is 17.6 Å². The highest BCUT2D eigenvalue weighted by Gasteiger charge is 2.31. The average molecular weight is 522 g/mol. The van der Waals surface area contributed by atoms with Crippen molar-refractivity contribution >= 4 is 34.9 Å². The molecule has 1 fully saturated rings. The van der Waals surface area contributed by atoms with Gasteiger partial charge in [0.2, 0.25) is 5.91 Å². The number of thioether (sulfide) groups is 1. The quantitative estimate of drug-likeness (QED) is 0.275. The summed E-state index contributed by atoms with van der Waals surface area (Å²) >= 11 is 1.14. The molecule has 0 spiro atoms. The molecule has 1 N–H and O–H groups in total. The maximum atomic E-state index is 14.1. The molecule has 1 aliphatic rings. The predicted octanol–water partition coefficient (Wildman–Crippen LogP) is 4.70. The van der Waals surface area contributed by atoms with Crippen LogP contribution in [-0.2, 0) is 11.0 Å². The highest BCUT2D eigenvalue weighted by molar-refractivity contribution is 7.99. The Morgan fingerprint density at radius 3 is 2.47 bits per heavy atom. The third kappa shape index (κ3) is 6.17. The zero-order chi connectivity index (χ0) is 25.7. The van der Waals surface area contributed by atoms with Crippen LogP contribution in [0.15, 0.2) is 59.9 Å². The minimum atomic E-state index is -4.54. The van der Waals surface area contributed by atoms with E-state index in [1.807, 2.05) is 4.90 Å². The molecule has 0 atom stereocenters. The van der Waals surface area contributed by atoms with Gasteiger partial charge in [0.1, 0.15) is 28.7 Å². The Bertz CT molecular complexity index is 1220. The molecule has 4 rings (SSSR count). The van der Waals surface area contributed by atoms with Crippen LogP contribution >= 0.6 is 11.8 Å². The van der Waals surface area contributed by atoms with Crippen LogP contribution in [0.5, 0.6) is 5.75 Å². The van der Waals surface area contributed by atoms with Crippen molar-refractivity contribution in [3.8, 4) is 5.75 Å². The fourth-order valence-corrected chi connectivity index (χ4v) is 4.44. The third-order valence-electron chi connectivity index (χ3n) is 5.58. The molecular weight excluding hydrogens is 498 g/mol. The molecule has 1 saturated heterocycles. The van der Waals surface area contributed by atoms with Gasteiger partial charge in [-0.1, -0.05) is 23.9 Å².